The lowest BCUT2D eigenvalue weighted by atomic mass is 9.90. The molecule has 0 radical (unpaired) electrons. The zero-order valence-electron chi connectivity index (χ0n) is 15.7. The second-order valence-electron chi connectivity index (χ2n) is 7.85. The summed E-state index contributed by atoms with van der Waals surface area (Å²) in [5, 5.41) is 0. The second kappa shape index (κ2) is 6.98. The zero-order chi connectivity index (χ0) is 19.1. The number of carbonyl (C=O) groups excluding carboxylic acids is 2. The minimum atomic E-state index is -0.145. The Hall–Kier alpha value is -2.80. The van der Waals surface area contributed by atoms with Crippen LogP contribution in [0.5, 0.6) is 0 Å². The van der Waals surface area contributed by atoms with E-state index in [1.54, 1.807) is 24.5 Å². The van der Waals surface area contributed by atoms with Crippen molar-refractivity contribution < 1.29 is 9.59 Å². The van der Waals surface area contributed by atoms with E-state index in [-0.39, 0.29) is 11.8 Å². The fourth-order valence-corrected chi connectivity index (χ4v) is 4.71. The molecule has 2 saturated heterocycles. The molecule has 0 N–H and O–H groups in total. The Morgan fingerprint density at radius 2 is 1.61 bits per heavy atom. The van der Waals surface area contributed by atoms with Gasteiger partial charge in [-0.3, -0.25) is 19.4 Å². The normalized spacial score (nSPS) is 25.0. The molecule has 7 heteroatoms. The molecule has 2 aromatic rings. The van der Waals surface area contributed by atoms with Gasteiger partial charge in [-0.05, 0) is 37.0 Å². The highest BCUT2D eigenvalue weighted by Gasteiger charge is 2.39. The van der Waals surface area contributed by atoms with Crippen LogP contribution in [-0.4, -0.2) is 70.3 Å². The maximum Gasteiger partial charge on any atom is 0.261 e. The van der Waals surface area contributed by atoms with Crippen molar-refractivity contribution >= 4 is 17.8 Å². The van der Waals surface area contributed by atoms with Gasteiger partial charge in [0.1, 0.15) is 0 Å². The van der Waals surface area contributed by atoms with Crippen LogP contribution in [0, 0.1) is 5.92 Å². The fourth-order valence-electron chi connectivity index (χ4n) is 4.71. The molecular weight excluding hydrogens is 354 g/mol. The molecule has 2 atom stereocenters. The van der Waals surface area contributed by atoms with Gasteiger partial charge in [0.05, 0.1) is 11.1 Å². The van der Waals surface area contributed by atoms with Crippen LogP contribution in [0.4, 0.5) is 5.95 Å². The first-order valence-corrected chi connectivity index (χ1v) is 9.92. The van der Waals surface area contributed by atoms with E-state index in [9.17, 15) is 9.59 Å². The van der Waals surface area contributed by atoms with Crippen LogP contribution in [0.15, 0.2) is 42.7 Å². The van der Waals surface area contributed by atoms with E-state index in [1.165, 1.54) is 4.90 Å². The third-order valence-electron chi connectivity index (χ3n) is 6.16. The van der Waals surface area contributed by atoms with E-state index in [2.05, 4.69) is 19.8 Å². The number of fused-ring (bicyclic) bond motifs is 2. The minimum absolute atomic E-state index is 0.145. The number of rotatable bonds is 3. The zero-order valence-corrected chi connectivity index (χ0v) is 15.7. The summed E-state index contributed by atoms with van der Waals surface area (Å²) in [5.41, 5.74) is 1.08. The monoisotopic (exact) mass is 377 g/mol. The van der Waals surface area contributed by atoms with Gasteiger partial charge in [0.2, 0.25) is 5.95 Å². The number of piperazine rings is 1. The van der Waals surface area contributed by atoms with Crippen LogP contribution >= 0.6 is 0 Å². The molecular formula is C21H23N5O2. The van der Waals surface area contributed by atoms with Gasteiger partial charge >= 0.3 is 0 Å². The molecule has 0 spiro atoms. The van der Waals surface area contributed by atoms with Crippen molar-refractivity contribution in [2.45, 2.75) is 18.9 Å². The Bertz CT molecular complexity index is 868. The van der Waals surface area contributed by atoms with Crippen LogP contribution < -0.4 is 4.90 Å². The molecule has 1 aromatic carbocycles. The Labute approximate surface area is 164 Å². The molecule has 2 fully saturated rings. The molecule has 0 aliphatic carbocycles. The van der Waals surface area contributed by atoms with Crippen LogP contribution in [0.3, 0.4) is 0 Å². The minimum Gasteiger partial charge on any atom is -0.338 e. The highest BCUT2D eigenvalue weighted by atomic mass is 16.2. The molecule has 1 aromatic heterocycles. The van der Waals surface area contributed by atoms with Crippen LogP contribution in [-0.2, 0) is 0 Å². The number of imide groups is 1. The van der Waals surface area contributed by atoms with E-state index in [4.69, 9.17) is 0 Å². The standard InChI is InChI=1S/C21H23N5O2/c27-19-17-4-1-2-5-18(17)20(28)26(19)13-15-6-7-16-14-25(11-10-24(16)12-15)21-22-8-3-9-23-21/h1-5,8-9,15-16H,6-7,10-14H2/t15-,16+/m1/s1. The smallest absolute Gasteiger partial charge is 0.261 e. The van der Waals surface area contributed by atoms with E-state index < -0.39 is 0 Å². The Morgan fingerprint density at radius 1 is 0.893 bits per heavy atom. The van der Waals surface area contributed by atoms with Crippen molar-refractivity contribution in [3.8, 4) is 0 Å². The van der Waals surface area contributed by atoms with Gasteiger partial charge in [0.25, 0.3) is 11.8 Å². The van der Waals surface area contributed by atoms with Crippen molar-refractivity contribution in [3.05, 3.63) is 53.9 Å². The molecule has 2 amide bonds. The summed E-state index contributed by atoms with van der Waals surface area (Å²) in [5.74, 6) is 0.843. The molecule has 144 valence electrons. The summed E-state index contributed by atoms with van der Waals surface area (Å²) in [7, 11) is 0. The summed E-state index contributed by atoms with van der Waals surface area (Å²) in [6.45, 7) is 4.24. The van der Waals surface area contributed by atoms with E-state index in [0.29, 0.717) is 29.6 Å². The summed E-state index contributed by atoms with van der Waals surface area (Å²) in [6.07, 6.45) is 5.66. The van der Waals surface area contributed by atoms with Crippen molar-refractivity contribution in [2.75, 3.05) is 37.6 Å². The molecule has 7 nitrogen and oxygen atoms in total. The molecule has 0 bridgehead atoms. The Kier molecular flexibility index (Phi) is 4.31. The van der Waals surface area contributed by atoms with E-state index in [1.807, 2.05) is 18.2 Å². The number of amides is 2. The highest BCUT2D eigenvalue weighted by Crippen LogP contribution is 2.29. The summed E-state index contributed by atoms with van der Waals surface area (Å²) in [6, 6.07) is 9.44. The van der Waals surface area contributed by atoms with Gasteiger partial charge in [0.15, 0.2) is 0 Å². The number of piperidine rings is 1. The third-order valence-corrected chi connectivity index (χ3v) is 6.16. The quantitative estimate of drug-likeness (QED) is 0.758. The lowest BCUT2D eigenvalue weighted by molar-refractivity contribution is 0.0520. The second-order valence-corrected chi connectivity index (χ2v) is 7.85. The van der Waals surface area contributed by atoms with E-state index in [0.717, 1.165) is 45.0 Å². The lowest BCUT2D eigenvalue weighted by Crippen LogP contribution is -2.57. The number of anilines is 1. The van der Waals surface area contributed by atoms with E-state index >= 15 is 0 Å². The number of aromatic nitrogens is 2. The largest absolute Gasteiger partial charge is 0.338 e. The summed E-state index contributed by atoms with van der Waals surface area (Å²) < 4.78 is 0. The molecule has 3 aliphatic rings. The number of benzene rings is 1. The van der Waals surface area contributed by atoms with Crippen LogP contribution in [0.2, 0.25) is 0 Å². The van der Waals surface area contributed by atoms with Crippen molar-refractivity contribution in [1.29, 1.82) is 0 Å². The van der Waals surface area contributed by atoms with Gasteiger partial charge < -0.3 is 4.90 Å². The third kappa shape index (κ3) is 2.96. The average molecular weight is 377 g/mol. The highest BCUT2D eigenvalue weighted by molar-refractivity contribution is 6.21. The van der Waals surface area contributed by atoms with Crippen molar-refractivity contribution in [3.63, 3.8) is 0 Å². The predicted octanol–water partition coefficient (Wildman–Crippen LogP) is 1.67. The molecule has 0 unspecified atom stereocenters. The van der Waals surface area contributed by atoms with Crippen molar-refractivity contribution in [2.24, 2.45) is 5.92 Å². The number of carbonyl (C=O) groups is 2. The topological polar surface area (TPSA) is 69.6 Å². The van der Waals surface area contributed by atoms with Crippen LogP contribution in [0.25, 0.3) is 0 Å². The van der Waals surface area contributed by atoms with Gasteiger partial charge in [-0.15, -0.1) is 0 Å². The number of hydrogen-bond donors (Lipinski definition) is 0. The maximum absolute atomic E-state index is 12.6. The van der Waals surface area contributed by atoms with Gasteiger partial charge in [0, 0.05) is 51.2 Å². The fraction of sp³-hybridized carbons (Fsp3) is 0.429. The number of nitrogens with zero attached hydrogens (tertiary/aromatic N) is 5. The summed E-state index contributed by atoms with van der Waals surface area (Å²) >= 11 is 0. The maximum atomic E-state index is 12.6. The first-order valence-electron chi connectivity index (χ1n) is 9.92. The average Bonchev–Trinajstić information content (AvgIpc) is 2.99. The SMILES string of the molecule is O=C1c2ccccc2C(=O)N1C[C@@H]1CC[C@H]2CN(c3ncccn3)CCN2C1. The molecule has 28 heavy (non-hydrogen) atoms. The van der Waals surface area contributed by atoms with Gasteiger partial charge in [-0.1, -0.05) is 12.1 Å². The first-order chi connectivity index (χ1) is 13.7. The molecule has 4 heterocycles. The first kappa shape index (κ1) is 17.3. The Balaban J connectivity index is 1.22. The van der Waals surface area contributed by atoms with Crippen molar-refractivity contribution in [1.82, 2.24) is 19.8 Å². The number of hydrogen-bond acceptors (Lipinski definition) is 6. The van der Waals surface area contributed by atoms with Crippen LogP contribution in [0.1, 0.15) is 33.6 Å². The van der Waals surface area contributed by atoms with Gasteiger partial charge in [-0.2, -0.15) is 0 Å². The predicted molar refractivity (Wildman–Crippen MR) is 104 cm³/mol. The molecule has 3 aliphatic heterocycles. The molecule has 0 saturated carbocycles. The summed E-state index contributed by atoms with van der Waals surface area (Å²) in [4.78, 5) is 40.2. The Morgan fingerprint density at radius 3 is 2.32 bits per heavy atom. The van der Waals surface area contributed by atoms with Gasteiger partial charge in [-0.25, -0.2) is 9.97 Å². The molecule has 5 rings (SSSR count). The lowest BCUT2D eigenvalue weighted by Gasteiger charge is -2.46.